The molecule has 0 spiro atoms. The summed E-state index contributed by atoms with van der Waals surface area (Å²) in [6, 6.07) is 9.31. The summed E-state index contributed by atoms with van der Waals surface area (Å²) in [5.41, 5.74) is 3.04. The van der Waals surface area contributed by atoms with E-state index >= 15 is 0 Å². The molecule has 0 saturated carbocycles. The number of rotatable bonds is 4. The molecule has 2 N–H and O–H groups in total. The Hall–Kier alpha value is -3.68. The number of halogens is 1. The van der Waals surface area contributed by atoms with Gasteiger partial charge in [0.15, 0.2) is 6.61 Å². The minimum atomic E-state index is -0.496. The molecule has 2 aromatic carbocycles. The van der Waals surface area contributed by atoms with Crippen LogP contribution in [0.25, 0.3) is 0 Å². The molecular formula is C23H22FN3O4. The van der Waals surface area contributed by atoms with Gasteiger partial charge in [0.1, 0.15) is 11.6 Å². The minimum absolute atomic E-state index is 0.0235. The van der Waals surface area contributed by atoms with Crippen molar-refractivity contribution >= 4 is 29.1 Å². The second-order valence-corrected chi connectivity index (χ2v) is 7.50. The first-order valence-corrected chi connectivity index (χ1v) is 10.00. The number of anilines is 2. The summed E-state index contributed by atoms with van der Waals surface area (Å²) in [5, 5.41) is 5.51. The fourth-order valence-electron chi connectivity index (χ4n) is 3.79. The lowest BCUT2D eigenvalue weighted by Gasteiger charge is -2.28. The van der Waals surface area contributed by atoms with E-state index in [9.17, 15) is 18.8 Å². The molecule has 160 valence electrons. The van der Waals surface area contributed by atoms with Crippen LogP contribution in [-0.4, -0.2) is 31.4 Å². The summed E-state index contributed by atoms with van der Waals surface area (Å²) in [6.45, 7) is 1.93. The lowest BCUT2D eigenvalue weighted by molar-refractivity contribution is -0.121. The number of fused-ring (bicyclic) bond motifs is 1. The van der Waals surface area contributed by atoms with Crippen LogP contribution in [0.5, 0.6) is 5.75 Å². The highest BCUT2D eigenvalue weighted by Gasteiger charge is 2.30. The van der Waals surface area contributed by atoms with E-state index in [2.05, 4.69) is 10.6 Å². The highest BCUT2D eigenvalue weighted by Crippen LogP contribution is 2.37. The Morgan fingerprint density at radius 2 is 2.00 bits per heavy atom. The molecule has 1 atom stereocenters. The number of carbonyl (C=O) groups is 3. The van der Waals surface area contributed by atoms with Gasteiger partial charge in [0.2, 0.25) is 5.91 Å². The van der Waals surface area contributed by atoms with Crippen molar-refractivity contribution in [1.29, 1.82) is 0 Å². The molecule has 7 nitrogen and oxygen atoms in total. The van der Waals surface area contributed by atoms with Gasteiger partial charge in [0, 0.05) is 36.8 Å². The first kappa shape index (κ1) is 20.6. The SMILES string of the molecule is CCc1cc2c(cc1NC(=O)C1=CNC(=O)C[C@H]1c1ccc(F)cc1)N(C)C(=O)CO2. The van der Waals surface area contributed by atoms with Gasteiger partial charge in [-0.25, -0.2) is 4.39 Å². The number of nitrogens with zero attached hydrogens (tertiary/aromatic N) is 1. The molecule has 0 aromatic heterocycles. The van der Waals surface area contributed by atoms with Crippen molar-refractivity contribution < 1.29 is 23.5 Å². The van der Waals surface area contributed by atoms with Gasteiger partial charge < -0.3 is 20.3 Å². The Morgan fingerprint density at radius 1 is 1.26 bits per heavy atom. The lowest BCUT2D eigenvalue weighted by atomic mass is 9.86. The van der Waals surface area contributed by atoms with Gasteiger partial charge in [-0.05, 0) is 41.8 Å². The predicted octanol–water partition coefficient (Wildman–Crippen LogP) is 2.87. The topological polar surface area (TPSA) is 87.7 Å². The molecule has 0 aliphatic carbocycles. The van der Waals surface area contributed by atoms with E-state index < -0.39 is 5.92 Å². The van der Waals surface area contributed by atoms with Gasteiger partial charge in [0.25, 0.3) is 11.8 Å². The number of likely N-dealkylation sites (N-methyl/N-ethyl adjacent to an activating group) is 1. The normalized spacial score (nSPS) is 18.0. The first-order valence-electron chi connectivity index (χ1n) is 10.00. The van der Waals surface area contributed by atoms with E-state index in [1.54, 1.807) is 25.2 Å². The molecule has 0 saturated heterocycles. The van der Waals surface area contributed by atoms with E-state index in [0.29, 0.717) is 34.7 Å². The molecule has 0 bridgehead atoms. The van der Waals surface area contributed by atoms with Crippen LogP contribution in [0.3, 0.4) is 0 Å². The maximum Gasteiger partial charge on any atom is 0.264 e. The Bertz CT molecular complexity index is 1090. The molecule has 31 heavy (non-hydrogen) atoms. The van der Waals surface area contributed by atoms with Crippen LogP contribution in [0, 0.1) is 5.82 Å². The third kappa shape index (κ3) is 4.01. The van der Waals surface area contributed by atoms with E-state index in [0.717, 1.165) is 5.56 Å². The number of amides is 3. The van der Waals surface area contributed by atoms with Crippen molar-refractivity contribution in [1.82, 2.24) is 5.32 Å². The van der Waals surface area contributed by atoms with Gasteiger partial charge in [-0.3, -0.25) is 14.4 Å². The summed E-state index contributed by atoms with van der Waals surface area (Å²) >= 11 is 0. The van der Waals surface area contributed by atoms with Crippen LogP contribution in [0.4, 0.5) is 15.8 Å². The Kier molecular flexibility index (Phi) is 5.46. The van der Waals surface area contributed by atoms with Crippen LogP contribution in [-0.2, 0) is 20.8 Å². The number of benzene rings is 2. The van der Waals surface area contributed by atoms with Crippen molar-refractivity contribution in [3.8, 4) is 5.75 Å². The van der Waals surface area contributed by atoms with Crippen LogP contribution < -0.4 is 20.3 Å². The molecule has 0 unspecified atom stereocenters. The zero-order chi connectivity index (χ0) is 22.1. The number of aryl methyl sites for hydroxylation is 1. The van der Waals surface area contributed by atoms with Crippen LogP contribution in [0.15, 0.2) is 48.2 Å². The summed E-state index contributed by atoms with van der Waals surface area (Å²) < 4.78 is 18.9. The number of ether oxygens (including phenoxy) is 1. The smallest absolute Gasteiger partial charge is 0.264 e. The van der Waals surface area contributed by atoms with Gasteiger partial charge in [-0.2, -0.15) is 0 Å². The number of hydrogen-bond acceptors (Lipinski definition) is 4. The Morgan fingerprint density at radius 3 is 2.71 bits per heavy atom. The zero-order valence-corrected chi connectivity index (χ0v) is 17.2. The third-order valence-electron chi connectivity index (χ3n) is 5.59. The molecule has 0 radical (unpaired) electrons. The molecule has 2 aromatic rings. The van der Waals surface area contributed by atoms with E-state index in [4.69, 9.17) is 4.74 Å². The molecule has 2 aliphatic heterocycles. The third-order valence-corrected chi connectivity index (χ3v) is 5.59. The monoisotopic (exact) mass is 423 g/mol. The second-order valence-electron chi connectivity index (χ2n) is 7.50. The maximum absolute atomic E-state index is 13.3. The van der Waals surface area contributed by atoms with E-state index in [1.165, 1.54) is 23.2 Å². The lowest BCUT2D eigenvalue weighted by Crippen LogP contribution is -2.35. The van der Waals surface area contributed by atoms with Crippen molar-refractivity contribution in [2.75, 3.05) is 23.9 Å². The quantitative estimate of drug-likeness (QED) is 0.792. The largest absolute Gasteiger partial charge is 0.482 e. The molecule has 2 heterocycles. The molecule has 8 heteroatoms. The standard InChI is InChI=1S/C23H22FN3O4/c1-3-13-8-20-19(27(2)22(29)12-31-20)10-18(13)26-23(30)17-11-25-21(28)9-16(17)14-4-6-15(24)7-5-14/h4-8,10-11,16H,3,9,12H2,1-2H3,(H,25,28)(H,26,30)/t16-/m0/s1. The van der Waals surface area contributed by atoms with Crippen molar-refractivity contribution in [2.45, 2.75) is 25.7 Å². The zero-order valence-electron chi connectivity index (χ0n) is 17.2. The Balaban J connectivity index is 1.65. The molecule has 2 aliphatic rings. The fourth-order valence-corrected chi connectivity index (χ4v) is 3.79. The highest BCUT2D eigenvalue weighted by atomic mass is 19.1. The van der Waals surface area contributed by atoms with Crippen LogP contribution in [0.2, 0.25) is 0 Å². The fraction of sp³-hybridized carbons (Fsp3) is 0.261. The number of hydrogen-bond donors (Lipinski definition) is 2. The van der Waals surface area contributed by atoms with Crippen molar-refractivity contribution in [3.63, 3.8) is 0 Å². The molecular weight excluding hydrogens is 401 g/mol. The summed E-state index contributed by atoms with van der Waals surface area (Å²) in [4.78, 5) is 38.6. The average molecular weight is 423 g/mol. The Labute approximate surface area is 178 Å². The molecule has 3 amide bonds. The molecule has 0 fully saturated rings. The summed E-state index contributed by atoms with van der Waals surface area (Å²) in [6.07, 6.45) is 2.12. The van der Waals surface area contributed by atoms with Gasteiger partial charge >= 0.3 is 0 Å². The molecule has 4 rings (SSSR count). The average Bonchev–Trinajstić information content (AvgIpc) is 2.76. The van der Waals surface area contributed by atoms with Crippen molar-refractivity contribution in [2.24, 2.45) is 0 Å². The van der Waals surface area contributed by atoms with Crippen LogP contribution in [0.1, 0.15) is 30.4 Å². The van der Waals surface area contributed by atoms with Crippen LogP contribution >= 0.6 is 0 Å². The van der Waals surface area contributed by atoms with Gasteiger partial charge in [0.05, 0.1) is 5.69 Å². The van der Waals surface area contributed by atoms with Gasteiger partial charge in [-0.15, -0.1) is 0 Å². The second kappa shape index (κ2) is 8.22. The highest BCUT2D eigenvalue weighted by molar-refractivity contribution is 6.07. The van der Waals surface area contributed by atoms with Crippen molar-refractivity contribution in [3.05, 3.63) is 65.1 Å². The first-order chi connectivity index (χ1) is 14.9. The maximum atomic E-state index is 13.3. The number of nitrogens with one attached hydrogen (secondary N) is 2. The van der Waals surface area contributed by atoms with Gasteiger partial charge in [-0.1, -0.05) is 19.1 Å². The summed E-state index contributed by atoms with van der Waals surface area (Å²) in [7, 11) is 1.66. The van der Waals surface area contributed by atoms with E-state index in [1.807, 2.05) is 13.0 Å². The predicted molar refractivity (Wildman–Crippen MR) is 113 cm³/mol. The number of carbonyl (C=O) groups excluding carboxylic acids is 3. The minimum Gasteiger partial charge on any atom is -0.482 e. The summed E-state index contributed by atoms with van der Waals surface area (Å²) in [5.74, 6) is -1.07. The van der Waals surface area contributed by atoms with E-state index in [-0.39, 0.29) is 36.6 Å².